The van der Waals surface area contributed by atoms with Crippen molar-refractivity contribution >= 4 is 35.6 Å². The summed E-state index contributed by atoms with van der Waals surface area (Å²) in [6.07, 6.45) is 2.25. The van der Waals surface area contributed by atoms with Gasteiger partial charge in [0.15, 0.2) is 0 Å². The standard InChI is InChI=1S/C39H60N6O7/c1-10-12-17-27(32(46)34(48)40-11-2)42-33(47)31-29-26(39(29,8)9)20-45(31)35(49)30(25-18-23-15-13-14-16-24(23)19-25)44-36(50)43-28(38(5,6)7)21-52-37(51)41-22(3)4/h13-16,22,25-31H,10-12,17-21H2,1-9H3,(H,40,48)(H,41,51)(H,42,47)(H2,43,44,50)/t26-,27?,28+,29-,30-,31-/m0/s1. The Labute approximate surface area is 308 Å². The lowest BCUT2D eigenvalue weighted by Gasteiger charge is -2.36. The van der Waals surface area contributed by atoms with E-state index < -0.39 is 59.3 Å². The molecule has 0 spiro atoms. The first-order chi connectivity index (χ1) is 24.4. The van der Waals surface area contributed by atoms with Crippen LogP contribution in [0.5, 0.6) is 0 Å². The molecular formula is C39H60N6O7. The van der Waals surface area contributed by atoms with Crippen LogP contribution in [0.25, 0.3) is 0 Å². The number of rotatable bonds is 15. The number of fused-ring (bicyclic) bond motifs is 2. The third-order valence-electron chi connectivity index (χ3n) is 11.0. The van der Waals surface area contributed by atoms with Crippen molar-refractivity contribution in [3.05, 3.63) is 35.4 Å². The van der Waals surface area contributed by atoms with Gasteiger partial charge in [-0.2, -0.15) is 0 Å². The number of hydrogen-bond donors (Lipinski definition) is 5. The summed E-state index contributed by atoms with van der Waals surface area (Å²) >= 11 is 0. The first-order valence-electron chi connectivity index (χ1n) is 18.9. The number of alkyl carbamates (subject to hydrolysis) is 1. The quantitative estimate of drug-likeness (QED) is 0.172. The number of benzene rings is 1. The molecule has 5 N–H and O–H groups in total. The van der Waals surface area contributed by atoms with E-state index in [1.54, 1.807) is 11.8 Å². The number of likely N-dealkylation sites (N-methyl/N-ethyl adjacent to an activating group) is 1. The van der Waals surface area contributed by atoms with Crippen LogP contribution < -0.4 is 26.6 Å². The Hall–Kier alpha value is -4.16. The molecule has 13 nitrogen and oxygen atoms in total. The first-order valence-corrected chi connectivity index (χ1v) is 18.9. The summed E-state index contributed by atoms with van der Waals surface area (Å²) in [6.45, 7) is 17.8. The highest BCUT2D eigenvalue weighted by Gasteiger charge is 2.69. The lowest BCUT2D eigenvalue weighted by molar-refractivity contribution is -0.144. The Balaban J connectivity index is 1.59. The minimum Gasteiger partial charge on any atom is -0.447 e. The summed E-state index contributed by atoms with van der Waals surface area (Å²) < 4.78 is 5.43. The van der Waals surface area contributed by atoms with Crippen molar-refractivity contribution in [1.82, 2.24) is 31.5 Å². The highest BCUT2D eigenvalue weighted by Crippen LogP contribution is 2.65. The van der Waals surface area contributed by atoms with Crippen LogP contribution in [-0.4, -0.2) is 90.4 Å². The Morgan fingerprint density at radius 2 is 1.58 bits per heavy atom. The molecule has 52 heavy (non-hydrogen) atoms. The number of nitrogens with one attached hydrogen (secondary N) is 5. The number of likely N-dealkylation sites (tertiary alicyclic amines) is 1. The predicted molar refractivity (Wildman–Crippen MR) is 197 cm³/mol. The number of amides is 6. The minimum absolute atomic E-state index is 0.0649. The van der Waals surface area contributed by atoms with Crippen molar-refractivity contribution in [1.29, 1.82) is 0 Å². The fourth-order valence-corrected chi connectivity index (χ4v) is 7.83. The van der Waals surface area contributed by atoms with Gasteiger partial charge in [-0.15, -0.1) is 0 Å². The van der Waals surface area contributed by atoms with Crippen molar-refractivity contribution in [2.75, 3.05) is 19.7 Å². The molecule has 288 valence electrons. The highest BCUT2D eigenvalue weighted by atomic mass is 16.5. The smallest absolute Gasteiger partial charge is 0.407 e. The lowest BCUT2D eigenvalue weighted by atomic mass is 9.87. The Morgan fingerprint density at radius 1 is 0.942 bits per heavy atom. The lowest BCUT2D eigenvalue weighted by Crippen LogP contribution is -2.61. The molecule has 0 radical (unpaired) electrons. The molecule has 2 aliphatic carbocycles. The molecule has 1 heterocycles. The van der Waals surface area contributed by atoms with E-state index in [1.165, 1.54) is 0 Å². The van der Waals surface area contributed by atoms with Crippen LogP contribution >= 0.6 is 0 Å². The zero-order valence-corrected chi connectivity index (χ0v) is 32.4. The number of nitrogens with zero attached hydrogens (tertiary/aromatic N) is 1. The van der Waals surface area contributed by atoms with Gasteiger partial charge < -0.3 is 36.2 Å². The monoisotopic (exact) mass is 724 g/mol. The van der Waals surface area contributed by atoms with E-state index in [2.05, 4.69) is 40.4 Å². The molecule has 1 aromatic rings. The molecule has 13 heteroatoms. The molecule has 1 saturated carbocycles. The van der Waals surface area contributed by atoms with Gasteiger partial charge in [0.2, 0.25) is 17.6 Å². The van der Waals surface area contributed by atoms with Crippen LogP contribution in [0.3, 0.4) is 0 Å². The van der Waals surface area contributed by atoms with Crippen LogP contribution in [0.4, 0.5) is 9.59 Å². The summed E-state index contributed by atoms with van der Waals surface area (Å²) in [7, 11) is 0. The van der Waals surface area contributed by atoms with Crippen LogP contribution in [0.15, 0.2) is 24.3 Å². The van der Waals surface area contributed by atoms with E-state index >= 15 is 0 Å². The van der Waals surface area contributed by atoms with E-state index in [4.69, 9.17) is 4.74 Å². The molecule has 0 bridgehead atoms. The molecule has 3 aliphatic rings. The number of piperidine rings is 1. The number of unbranched alkanes of at least 4 members (excludes halogenated alkanes) is 1. The Bertz CT molecular complexity index is 1480. The number of urea groups is 1. The molecule has 1 aliphatic heterocycles. The van der Waals surface area contributed by atoms with Crippen molar-refractivity contribution in [3.63, 3.8) is 0 Å². The fourth-order valence-electron chi connectivity index (χ4n) is 7.83. The molecule has 1 saturated heterocycles. The largest absolute Gasteiger partial charge is 0.447 e. The molecule has 6 atom stereocenters. The average Bonchev–Trinajstić information content (AvgIpc) is 3.42. The van der Waals surface area contributed by atoms with E-state index in [0.717, 1.165) is 17.5 Å². The number of hydrogen-bond acceptors (Lipinski definition) is 7. The van der Waals surface area contributed by atoms with Gasteiger partial charge in [-0.05, 0) is 79.7 Å². The van der Waals surface area contributed by atoms with Crippen LogP contribution in [0.2, 0.25) is 0 Å². The second-order valence-corrected chi connectivity index (χ2v) is 16.7. The molecular weight excluding hydrogens is 664 g/mol. The van der Waals surface area contributed by atoms with Gasteiger partial charge in [-0.3, -0.25) is 19.2 Å². The van der Waals surface area contributed by atoms with Gasteiger partial charge in [-0.1, -0.05) is 78.6 Å². The number of ether oxygens (including phenoxy) is 1. The number of carbonyl (C=O) groups is 6. The number of Topliss-reactive ketones (excluding diaryl/α,β-unsaturated/α-hetero) is 1. The van der Waals surface area contributed by atoms with Gasteiger partial charge >= 0.3 is 12.1 Å². The third kappa shape index (κ3) is 9.43. The number of carbonyl (C=O) groups excluding carboxylic acids is 6. The van der Waals surface area contributed by atoms with Crippen LogP contribution in [-0.2, 0) is 36.8 Å². The van der Waals surface area contributed by atoms with Gasteiger partial charge in [0, 0.05) is 19.1 Å². The summed E-state index contributed by atoms with van der Waals surface area (Å²) in [5.41, 5.74) is 1.51. The van der Waals surface area contributed by atoms with Crippen LogP contribution in [0, 0.1) is 28.6 Å². The fraction of sp³-hybridized carbons (Fsp3) is 0.692. The Kier molecular flexibility index (Phi) is 13.0. The van der Waals surface area contributed by atoms with E-state index in [9.17, 15) is 28.8 Å². The zero-order chi connectivity index (χ0) is 38.5. The third-order valence-corrected chi connectivity index (χ3v) is 11.0. The van der Waals surface area contributed by atoms with Gasteiger partial charge in [0.05, 0.1) is 12.1 Å². The van der Waals surface area contributed by atoms with Gasteiger partial charge in [0.25, 0.3) is 5.91 Å². The van der Waals surface area contributed by atoms with Gasteiger partial charge in [-0.25, -0.2) is 9.59 Å². The molecule has 0 aromatic heterocycles. The van der Waals surface area contributed by atoms with E-state index in [1.807, 2.05) is 65.8 Å². The maximum absolute atomic E-state index is 14.8. The Morgan fingerprint density at radius 3 is 2.13 bits per heavy atom. The molecule has 4 rings (SSSR count). The van der Waals surface area contributed by atoms with E-state index in [-0.39, 0.29) is 48.3 Å². The van der Waals surface area contributed by atoms with Crippen molar-refractivity contribution < 1.29 is 33.5 Å². The maximum atomic E-state index is 14.8. The summed E-state index contributed by atoms with van der Waals surface area (Å²) in [6, 6.07) is 3.82. The summed E-state index contributed by atoms with van der Waals surface area (Å²) in [5, 5.41) is 14.0. The molecule has 2 fully saturated rings. The normalized spacial score (nSPS) is 22.0. The van der Waals surface area contributed by atoms with Crippen LogP contribution in [0.1, 0.15) is 92.7 Å². The molecule has 1 aromatic carbocycles. The minimum atomic E-state index is -1.01. The maximum Gasteiger partial charge on any atom is 0.407 e. The number of ketones is 1. The van der Waals surface area contributed by atoms with Crippen molar-refractivity contribution in [2.45, 2.75) is 125 Å². The highest BCUT2D eigenvalue weighted by molar-refractivity contribution is 6.38. The van der Waals surface area contributed by atoms with E-state index in [0.29, 0.717) is 32.2 Å². The van der Waals surface area contributed by atoms with Crippen molar-refractivity contribution in [3.8, 4) is 0 Å². The second-order valence-electron chi connectivity index (χ2n) is 16.7. The van der Waals surface area contributed by atoms with Crippen molar-refractivity contribution in [2.24, 2.45) is 28.6 Å². The average molecular weight is 725 g/mol. The first kappa shape index (κ1) is 40.6. The predicted octanol–water partition coefficient (Wildman–Crippen LogP) is 3.48. The zero-order valence-electron chi connectivity index (χ0n) is 32.4. The molecule has 1 unspecified atom stereocenters. The SMILES string of the molecule is CCCCC(NC(=O)[C@@H]1[C@@H]2[C@H](CN1C(=O)[C@@H](NC(=O)N[C@H](COC(=O)NC(C)C)C(C)(C)C)C1Cc3ccccc3C1)C2(C)C)C(=O)C(=O)NCC. The topological polar surface area (TPSA) is 175 Å². The van der Waals surface area contributed by atoms with Gasteiger partial charge in [0.1, 0.15) is 18.7 Å². The summed E-state index contributed by atoms with van der Waals surface area (Å²) in [4.78, 5) is 82.3. The second kappa shape index (κ2) is 16.7. The summed E-state index contributed by atoms with van der Waals surface area (Å²) in [5.74, 6) is -2.63. The molecule has 6 amide bonds.